The van der Waals surface area contributed by atoms with Crippen LogP contribution in [0.5, 0.6) is 0 Å². The molecule has 1 saturated heterocycles. The number of benzene rings is 4. The van der Waals surface area contributed by atoms with E-state index >= 15 is 0 Å². The van der Waals surface area contributed by atoms with Crippen LogP contribution in [0, 0.1) is 0 Å². The molecule has 0 saturated carbocycles. The minimum Gasteiger partial charge on any atom is -0.467 e. The Labute approximate surface area is 285 Å². The largest absolute Gasteiger partial charge is 0.467 e. The van der Waals surface area contributed by atoms with Crippen LogP contribution in [0.25, 0.3) is 10.4 Å². The van der Waals surface area contributed by atoms with Crippen LogP contribution < -0.4 is 0 Å². The Morgan fingerprint density at radius 3 is 1.46 bits per heavy atom. The normalized spacial score (nSPS) is 21.0. The summed E-state index contributed by atoms with van der Waals surface area (Å²) in [5, 5.41) is 3.59. The van der Waals surface area contributed by atoms with Gasteiger partial charge < -0.3 is 28.4 Å². The average molecular weight is 680 g/mol. The summed E-state index contributed by atoms with van der Waals surface area (Å²) in [6.07, 6.45) is -7.48. The first kappa shape index (κ1) is 34.8. The van der Waals surface area contributed by atoms with Gasteiger partial charge in [0, 0.05) is 4.91 Å². The van der Waals surface area contributed by atoms with Gasteiger partial charge >= 0.3 is 29.8 Å². The van der Waals surface area contributed by atoms with Crippen LogP contribution in [0.4, 0.5) is 0 Å². The molecule has 14 nitrogen and oxygen atoms in total. The van der Waals surface area contributed by atoms with Gasteiger partial charge in [-0.2, -0.15) is 0 Å². The molecule has 0 N–H and O–H groups in total. The number of azide groups is 1. The van der Waals surface area contributed by atoms with Gasteiger partial charge in [-0.15, -0.1) is 0 Å². The molecule has 1 aliphatic heterocycles. The van der Waals surface area contributed by atoms with E-state index in [1.807, 2.05) is 0 Å². The average Bonchev–Trinajstić information content (AvgIpc) is 3.17. The van der Waals surface area contributed by atoms with E-state index in [4.69, 9.17) is 28.4 Å². The van der Waals surface area contributed by atoms with E-state index in [2.05, 4.69) is 10.0 Å². The number of rotatable bonds is 11. The molecule has 5 rings (SSSR count). The molecule has 0 radical (unpaired) electrons. The lowest BCUT2D eigenvalue weighted by Crippen LogP contribution is -2.70. The Morgan fingerprint density at radius 2 is 1.04 bits per heavy atom. The zero-order chi connectivity index (χ0) is 35.5. The van der Waals surface area contributed by atoms with Crippen molar-refractivity contribution in [2.75, 3.05) is 13.7 Å². The molecule has 1 aliphatic rings. The number of carbonyl (C=O) groups is 5. The fraction of sp³-hybridized carbons (Fsp3) is 0.194. The SMILES string of the molecule is COC(=O)[C@@]1(N=[N+]=[N-])O[C@H](COC(=O)c2ccccc2)[C@@H](OC(=O)c2ccccc2)[C@H](OC(=O)c2ccccc2)[C@H]1OC(=O)c1ccccc1. The van der Waals surface area contributed by atoms with Crippen molar-refractivity contribution in [3.63, 3.8) is 0 Å². The van der Waals surface area contributed by atoms with Gasteiger partial charge in [-0.3, -0.25) is 0 Å². The van der Waals surface area contributed by atoms with Crippen LogP contribution in [0.1, 0.15) is 41.4 Å². The van der Waals surface area contributed by atoms with Gasteiger partial charge in [0.25, 0.3) is 5.72 Å². The molecule has 50 heavy (non-hydrogen) atoms. The predicted octanol–water partition coefficient (Wildman–Crippen LogP) is 5.10. The quantitative estimate of drug-likeness (QED) is 0.0674. The maximum Gasteiger partial charge on any atom is 0.348 e. The van der Waals surface area contributed by atoms with Gasteiger partial charge in [-0.25, -0.2) is 24.0 Å². The number of methoxy groups -OCH3 is 1. The van der Waals surface area contributed by atoms with Gasteiger partial charge in [0.2, 0.25) is 0 Å². The molecule has 0 spiro atoms. The van der Waals surface area contributed by atoms with Crippen molar-refractivity contribution in [1.82, 2.24) is 0 Å². The number of carbonyl (C=O) groups excluding carboxylic acids is 5. The fourth-order valence-electron chi connectivity index (χ4n) is 5.12. The third-order valence-electron chi connectivity index (χ3n) is 7.51. The van der Waals surface area contributed by atoms with Crippen LogP contribution in [0.15, 0.2) is 126 Å². The Kier molecular flexibility index (Phi) is 11.2. The van der Waals surface area contributed by atoms with Gasteiger partial charge in [-0.1, -0.05) is 72.8 Å². The molecule has 0 bridgehead atoms. The molecule has 5 atom stereocenters. The smallest absolute Gasteiger partial charge is 0.348 e. The lowest BCUT2D eigenvalue weighted by atomic mass is 9.89. The maximum atomic E-state index is 13.6. The topological polar surface area (TPSA) is 189 Å². The highest BCUT2D eigenvalue weighted by Crippen LogP contribution is 2.39. The van der Waals surface area contributed by atoms with E-state index in [9.17, 15) is 29.5 Å². The van der Waals surface area contributed by atoms with Crippen molar-refractivity contribution in [3.8, 4) is 0 Å². The molecule has 4 aromatic rings. The summed E-state index contributed by atoms with van der Waals surface area (Å²) in [5.41, 5.74) is 7.06. The first-order valence-corrected chi connectivity index (χ1v) is 15.1. The van der Waals surface area contributed by atoms with E-state index in [1.165, 1.54) is 48.5 Å². The second-order valence-corrected chi connectivity index (χ2v) is 10.7. The number of nitrogens with zero attached hydrogens (tertiary/aromatic N) is 3. The number of hydrogen-bond donors (Lipinski definition) is 0. The van der Waals surface area contributed by atoms with Gasteiger partial charge in [0.15, 0.2) is 18.3 Å². The summed E-state index contributed by atoms with van der Waals surface area (Å²) < 4.78 is 34.0. The van der Waals surface area contributed by atoms with E-state index in [-0.39, 0.29) is 22.3 Å². The highest BCUT2D eigenvalue weighted by Gasteiger charge is 2.65. The molecular weight excluding hydrogens is 650 g/mol. The highest BCUT2D eigenvalue weighted by atomic mass is 16.7. The molecule has 0 amide bonds. The first-order chi connectivity index (χ1) is 24.3. The Morgan fingerprint density at radius 1 is 0.640 bits per heavy atom. The third-order valence-corrected chi connectivity index (χ3v) is 7.51. The van der Waals surface area contributed by atoms with Crippen molar-refractivity contribution in [1.29, 1.82) is 0 Å². The van der Waals surface area contributed by atoms with E-state index in [0.29, 0.717) is 0 Å². The van der Waals surface area contributed by atoms with Gasteiger partial charge in [0.05, 0.1) is 29.4 Å². The first-order valence-electron chi connectivity index (χ1n) is 15.1. The summed E-state index contributed by atoms with van der Waals surface area (Å²) in [7, 11) is 0.952. The van der Waals surface area contributed by atoms with Crippen molar-refractivity contribution in [2.24, 2.45) is 5.11 Å². The van der Waals surface area contributed by atoms with Crippen LogP contribution in [-0.4, -0.2) is 73.7 Å². The minimum absolute atomic E-state index is 0.00270. The summed E-state index contributed by atoms with van der Waals surface area (Å²) >= 11 is 0. The van der Waals surface area contributed by atoms with Gasteiger partial charge in [0.1, 0.15) is 12.7 Å². The van der Waals surface area contributed by atoms with E-state index in [1.54, 1.807) is 72.8 Å². The van der Waals surface area contributed by atoms with Crippen molar-refractivity contribution < 1.29 is 52.4 Å². The molecule has 4 aromatic carbocycles. The van der Waals surface area contributed by atoms with Crippen LogP contribution in [-0.2, 0) is 33.2 Å². The molecule has 0 aliphatic carbocycles. The Hall–Kier alpha value is -6.50. The fourth-order valence-corrected chi connectivity index (χ4v) is 5.12. The third kappa shape index (κ3) is 7.79. The van der Waals surface area contributed by atoms with Crippen molar-refractivity contribution in [2.45, 2.75) is 30.1 Å². The second-order valence-electron chi connectivity index (χ2n) is 10.7. The molecule has 1 fully saturated rings. The van der Waals surface area contributed by atoms with Crippen LogP contribution in [0.2, 0.25) is 0 Å². The van der Waals surface area contributed by atoms with Crippen LogP contribution >= 0.6 is 0 Å². The summed E-state index contributed by atoms with van der Waals surface area (Å²) in [6, 6.07) is 30.8. The summed E-state index contributed by atoms with van der Waals surface area (Å²) in [6.45, 7) is -0.737. The molecule has 0 aromatic heterocycles. The zero-order valence-corrected chi connectivity index (χ0v) is 26.4. The highest BCUT2D eigenvalue weighted by molar-refractivity contribution is 5.92. The van der Waals surface area contributed by atoms with Crippen molar-refractivity contribution in [3.05, 3.63) is 154 Å². The monoisotopic (exact) mass is 679 g/mol. The number of ether oxygens (including phenoxy) is 6. The lowest BCUT2D eigenvalue weighted by Gasteiger charge is -2.47. The van der Waals surface area contributed by atoms with Crippen molar-refractivity contribution >= 4 is 29.8 Å². The lowest BCUT2D eigenvalue weighted by molar-refractivity contribution is -0.269. The van der Waals surface area contributed by atoms with E-state index < -0.39 is 66.6 Å². The molecular formula is C36H29N3O11. The molecule has 1 heterocycles. The van der Waals surface area contributed by atoms with Crippen LogP contribution in [0.3, 0.4) is 0 Å². The Balaban J connectivity index is 1.65. The molecule has 0 unspecified atom stereocenters. The number of hydrogen-bond acceptors (Lipinski definition) is 12. The predicted molar refractivity (Wildman–Crippen MR) is 172 cm³/mol. The zero-order valence-electron chi connectivity index (χ0n) is 26.4. The number of esters is 5. The maximum absolute atomic E-state index is 13.6. The summed E-state index contributed by atoms with van der Waals surface area (Å²) in [5.74, 6) is -5.19. The Bertz CT molecular complexity index is 1870. The molecule has 14 heteroatoms. The second kappa shape index (κ2) is 16.1. The molecule has 254 valence electrons. The summed E-state index contributed by atoms with van der Waals surface area (Å²) in [4.78, 5) is 70.1. The minimum atomic E-state index is -2.89. The standard InChI is InChI=1S/C36H29N3O11/c1-45-35(44)36(38-39-37)30(49-34(43)26-20-12-5-13-21-26)29(48-33(42)25-18-10-4-11-19-25)28(47-32(41)24-16-8-3-9-17-24)27(50-36)22-46-31(40)23-14-6-2-7-15-23/h2-21,27-30H,22H2,1H3/t27-,28-,29+,30-,36+/m1/s1. The van der Waals surface area contributed by atoms with E-state index in [0.717, 1.165) is 7.11 Å². The van der Waals surface area contributed by atoms with Gasteiger partial charge in [-0.05, 0) is 59.2 Å².